The van der Waals surface area contributed by atoms with Crippen molar-refractivity contribution in [2.75, 3.05) is 39.9 Å². The summed E-state index contributed by atoms with van der Waals surface area (Å²) in [5.41, 5.74) is 0.974. The third-order valence-corrected chi connectivity index (χ3v) is 4.58. The topological polar surface area (TPSA) is 57.7 Å². The first kappa shape index (κ1) is 16.4. The highest BCUT2D eigenvalue weighted by atomic mass is 16.5. The number of likely N-dealkylation sites (N-methyl/N-ethyl adjacent to an activating group) is 1. The minimum atomic E-state index is 0.0585. The standard InChI is InChI=1S/C17H26N4O2/c1-20(10-14-6-2-3-7-18-14)11-17(22)19-15-12-23-13-16(15)21-8-4-5-9-21/h2-3,6-7,15-16H,4-5,8-13H2,1H3,(H,19,22). The van der Waals surface area contributed by atoms with Crippen LogP contribution in [0.2, 0.25) is 0 Å². The Labute approximate surface area is 137 Å². The van der Waals surface area contributed by atoms with Gasteiger partial charge in [-0.25, -0.2) is 0 Å². The Hall–Kier alpha value is -1.50. The lowest BCUT2D eigenvalue weighted by Gasteiger charge is -2.28. The fraction of sp³-hybridized carbons (Fsp3) is 0.647. The molecule has 2 aliphatic heterocycles. The Morgan fingerprint density at radius 3 is 2.96 bits per heavy atom. The zero-order chi connectivity index (χ0) is 16.1. The van der Waals surface area contributed by atoms with Gasteiger partial charge < -0.3 is 10.1 Å². The van der Waals surface area contributed by atoms with Crippen LogP contribution in [0.4, 0.5) is 0 Å². The van der Waals surface area contributed by atoms with E-state index in [0.29, 0.717) is 25.7 Å². The van der Waals surface area contributed by atoms with E-state index in [9.17, 15) is 4.79 Å². The van der Waals surface area contributed by atoms with Gasteiger partial charge in [-0.3, -0.25) is 19.6 Å². The molecule has 0 radical (unpaired) electrons. The molecule has 0 aliphatic carbocycles. The van der Waals surface area contributed by atoms with Crippen molar-refractivity contribution < 1.29 is 9.53 Å². The van der Waals surface area contributed by atoms with Crippen LogP contribution in [-0.2, 0) is 16.1 Å². The van der Waals surface area contributed by atoms with Gasteiger partial charge in [-0.2, -0.15) is 0 Å². The number of hydrogen-bond acceptors (Lipinski definition) is 5. The van der Waals surface area contributed by atoms with E-state index in [-0.39, 0.29) is 11.9 Å². The van der Waals surface area contributed by atoms with E-state index in [1.54, 1.807) is 6.20 Å². The maximum atomic E-state index is 12.3. The molecule has 2 saturated heterocycles. The number of rotatable bonds is 6. The lowest BCUT2D eigenvalue weighted by molar-refractivity contribution is -0.123. The van der Waals surface area contributed by atoms with Gasteiger partial charge in [0.1, 0.15) is 0 Å². The van der Waals surface area contributed by atoms with Gasteiger partial charge in [0.05, 0.1) is 37.5 Å². The van der Waals surface area contributed by atoms with E-state index < -0.39 is 0 Å². The highest BCUT2D eigenvalue weighted by Gasteiger charge is 2.35. The molecule has 0 saturated carbocycles. The van der Waals surface area contributed by atoms with Crippen molar-refractivity contribution in [3.63, 3.8) is 0 Å². The van der Waals surface area contributed by atoms with Gasteiger partial charge >= 0.3 is 0 Å². The molecule has 6 nitrogen and oxygen atoms in total. The minimum Gasteiger partial charge on any atom is -0.378 e. The molecule has 1 N–H and O–H groups in total. The monoisotopic (exact) mass is 318 g/mol. The van der Waals surface area contributed by atoms with Crippen molar-refractivity contribution in [1.29, 1.82) is 0 Å². The van der Waals surface area contributed by atoms with E-state index in [1.165, 1.54) is 12.8 Å². The third kappa shape index (κ3) is 4.50. The van der Waals surface area contributed by atoms with Crippen molar-refractivity contribution >= 4 is 5.91 Å². The molecule has 2 fully saturated rings. The SMILES string of the molecule is CN(CC(=O)NC1COCC1N1CCCC1)Cc1ccccn1. The average molecular weight is 318 g/mol. The second kappa shape index (κ2) is 7.86. The second-order valence-electron chi connectivity index (χ2n) is 6.52. The number of ether oxygens (including phenoxy) is 1. The molecule has 126 valence electrons. The number of nitrogens with zero attached hydrogens (tertiary/aromatic N) is 3. The Kier molecular flexibility index (Phi) is 5.59. The molecular formula is C17H26N4O2. The van der Waals surface area contributed by atoms with Gasteiger partial charge in [0, 0.05) is 12.7 Å². The van der Waals surface area contributed by atoms with Gasteiger partial charge in [-0.15, -0.1) is 0 Å². The van der Waals surface area contributed by atoms with E-state index in [2.05, 4.69) is 15.2 Å². The molecular weight excluding hydrogens is 292 g/mol. The summed E-state index contributed by atoms with van der Waals surface area (Å²) in [6.07, 6.45) is 4.29. The Bertz CT molecular complexity index is 505. The van der Waals surface area contributed by atoms with Crippen molar-refractivity contribution in [2.24, 2.45) is 0 Å². The van der Waals surface area contributed by atoms with Crippen LogP contribution in [0.15, 0.2) is 24.4 Å². The normalized spacial score (nSPS) is 25.1. The molecule has 2 atom stereocenters. The molecule has 3 heterocycles. The maximum Gasteiger partial charge on any atom is 0.234 e. The van der Waals surface area contributed by atoms with Crippen LogP contribution in [0.3, 0.4) is 0 Å². The van der Waals surface area contributed by atoms with E-state index >= 15 is 0 Å². The number of carbonyl (C=O) groups is 1. The molecule has 1 aromatic heterocycles. The number of aromatic nitrogens is 1. The predicted molar refractivity (Wildman–Crippen MR) is 87.9 cm³/mol. The molecule has 2 aliphatic rings. The predicted octanol–water partition coefficient (Wildman–Crippen LogP) is 0.493. The Balaban J connectivity index is 1.46. The fourth-order valence-corrected chi connectivity index (χ4v) is 3.44. The Morgan fingerprint density at radius 2 is 2.22 bits per heavy atom. The van der Waals surface area contributed by atoms with Crippen LogP contribution in [0.5, 0.6) is 0 Å². The molecule has 3 rings (SSSR count). The molecule has 23 heavy (non-hydrogen) atoms. The lowest BCUT2D eigenvalue weighted by Crippen LogP contribution is -2.51. The maximum absolute atomic E-state index is 12.3. The van der Waals surface area contributed by atoms with Gasteiger partial charge in [-0.05, 0) is 45.1 Å². The van der Waals surface area contributed by atoms with Crippen LogP contribution in [-0.4, -0.2) is 72.7 Å². The first-order valence-corrected chi connectivity index (χ1v) is 8.42. The first-order valence-electron chi connectivity index (χ1n) is 8.42. The zero-order valence-electron chi connectivity index (χ0n) is 13.8. The summed E-state index contributed by atoms with van der Waals surface area (Å²) in [4.78, 5) is 21.0. The lowest BCUT2D eigenvalue weighted by atomic mass is 10.1. The van der Waals surface area contributed by atoms with Gasteiger partial charge in [-0.1, -0.05) is 6.07 Å². The number of carbonyl (C=O) groups excluding carboxylic acids is 1. The minimum absolute atomic E-state index is 0.0585. The summed E-state index contributed by atoms with van der Waals surface area (Å²) >= 11 is 0. The van der Waals surface area contributed by atoms with Crippen molar-refractivity contribution in [3.8, 4) is 0 Å². The summed E-state index contributed by atoms with van der Waals surface area (Å²) in [6, 6.07) is 6.29. The molecule has 0 bridgehead atoms. The molecule has 1 aromatic rings. The number of nitrogens with one attached hydrogen (secondary N) is 1. The zero-order valence-corrected chi connectivity index (χ0v) is 13.8. The first-order chi connectivity index (χ1) is 11.2. The number of pyridine rings is 1. The molecule has 2 unspecified atom stereocenters. The summed E-state index contributed by atoms with van der Waals surface area (Å²) < 4.78 is 5.60. The highest BCUT2D eigenvalue weighted by Crippen LogP contribution is 2.19. The third-order valence-electron chi connectivity index (χ3n) is 4.58. The smallest absolute Gasteiger partial charge is 0.234 e. The van der Waals surface area contributed by atoms with Gasteiger partial charge in [0.2, 0.25) is 5.91 Å². The van der Waals surface area contributed by atoms with Crippen LogP contribution >= 0.6 is 0 Å². The fourth-order valence-electron chi connectivity index (χ4n) is 3.44. The largest absolute Gasteiger partial charge is 0.378 e. The van der Waals surface area contributed by atoms with Crippen molar-refractivity contribution in [3.05, 3.63) is 30.1 Å². The van der Waals surface area contributed by atoms with Crippen LogP contribution in [0.25, 0.3) is 0 Å². The Morgan fingerprint density at radius 1 is 1.39 bits per heavy atom. The molecule has 6 heteroatoms. The molecule has 1 amide bonds. The van der Waals surface area contributed by atoms with Crippen LogP contribution in [0.1, 0.15) is 18.5 Å². The molecule has 0 spiro atoms. The second-order valence-corrected chi connectivity index (χ2v) is 6.52. The van der Waals surface area contributed by atoms with Gasteiger partial charge in [0.15, 0.2) is 0 Å². The number of hydrogen-bond donors (Lipinski definition) is 1. The van der Waals surface area contributed by atoms with E-state index in [0.717, 1.165) is 25.4 Å². The molecule has 0 aromatic carbocycles. The van der Waals surface area contributed by atoms with Crippen LogP contribution < -0.4 is 5.32 Å². The summed E-state index contributed by atoms with van der Waals surface area (Å²) in [5, 5.41) is 3.15. The van der Waals surface area contributed by atoms with Crippen molar-refractivity contribution in [1.82, 2.24) is 20.1 Å². The average Bonchev–Trinajstić information content (AvgIpc) is 3.18. The summed E-state index contributed by atoms with van der Waals surface area (Å²) in [5.74, 6) is 0.0585. The summed E-state index contributed by atoms with van der Waals surface area (Å²) in [6.45, 7) is 4.65. The number of likely N-dealkylation sites (tertiary alicyclic amines) is 1. The van der Waals surface area contributed by atoms with Gasteiger partial charge in [0.25, 0.3) is 0 Å². The van der Waals surface area contributed by atoms with E-state index in [1.807, 2.05) is 30.1 Å². The summed E-state index contributed by atoms with van der Waals surface area (Å²) in [7, 11) is 1.94. The van der Waals surface area contributed by atoms with Crippen molar-refractivity contribution in [2.45, 2.75) is 31.5 Å². The highest BCUT2D eigenvalue weighted by molar-refractivity contribution is 5.78. The quantitative estimate of drug-likeness (QED) is 0.827. The van der Waals surface area contributed by atoms with E-state index in [4.69, 9.17) is 4.74 Å². The van der Waals surface area contributed by atoms with Crippen LogP contribution in [0, 0.1) is 0 Å². The number of amides is 1.